The number of rotatable bonds is 2. The van der Waals surface area contributed by atoms with Crippen molar-refractivity contribution >= 4 is 5.69 Å². The lowest BCUT2D eigenvalue weighted by atomic mass is 10.1. The molecule has 0 saturated carbocycles. The lowest BCUT2D eigenvalue weighted by Gasteiger charge is -1.99. The van der Waals surface area contributed by atoms with Crippen LogP contribution >= 0.6 is 0 Å². The molecular weight excluding hydrogens is 200 g/mol. The zero-order valence-electron chi connectivity index (χ0n) is 7.45. The number of non-ortho nitro benzene ring substituents is 1. The van der Waals surface area contributed by atoms with Crippen LogP contribution in [0.1, 0.15) is 0 Å². The molecule has 0 spiro atoms. The molecule has 2 aromatic rings. The topological polar surface area (TPSA) is 89.4 Å². The minimum atomic E-state index is -0.579. The number of nitrogens with zero attached hydrogens (tertiary/aromatic N) is 2. The van der Waals surface area contributed by atoms with E-state index in [0.717, 1.165) is 6.07 Å². The first-order chi connectivity index (χ1) is 7.18. The third-order valence-electron chi connectivity index (χ3n) is 1.90. The van der Waals surface area contributed by atoms with Crippen molar-refractivity contribution in [3.05, 3.63) is 40.6 Å². The van der Waals surface area contributed by atoms with Gasteiger partial charge in [-0.3, -0.25) is 10.1 Å². The Morgan fingerprint density at radius 1 is 1.40 bits per heavy atom. The third-order valence-corrected chi connectivity index (χ3v) is 1.90. The van der Waals surface area contributed by atoms with E-state index in [9.17, 15) is 15.2 Å². The van der Waals surface area contributed by atoms with Crippen LogP contribution in [-0.2, 0) is 0 Å². The fourth-order valence-corrected chi connectivity index (χ4v) is 1.20. The summed E-state index contributed by atoms with van der Waals surface area (Å²) in [6, 6.07) is 5.32. The number of nitro groups is 1. The van der Waals surface area contributed by atoms with Crippen molar-refractivity contribution in [2.75, 3.05) is 0 Å². The summed E-state index contributed by atoms with van der Waals surface area (Å²) in [6.07, 6.45) is 1.43. The second kappa shape index (κ2) is 3.41. The van der Waals surface area contributed by atoms with Gasteiger partial charge in [0.2, 0.25) is 0 Å². The Labute approximate surface area is 83.9 Å². The lowest BCUT2D eigenvalue weighted by Crippen LogP contribution is -1.87. The van der Waals surface area contributed by atoms with Gasteiger partial charge in [-0.05, 0) is 6.07 Å². The van der Waals surface area contributed by atoms with Crippen LogP contribution in [0.3, 0.4) is 0 Å². The first-order valence-corrected chi connectivity index (χ1v) is 4.07. The zero-order chi connectivity index (χ0) is 10.8. The van der Waals surface area contributed by atoms with Crippen LogP contribution in [0.5, 0.6) is 5.75 Å². The van der Waals surface area contributed by atoms with Gasteiger partial charge in [-0.25, -0.2) is 0 Å². The van der Waals surface area contributed by atoms with Crippen molar-refractivity contribution in [1.29, 1.82) is 0 Å². The van der Waals surface area contributed by atoms with E-state index in [2.05, 4.69) is 5.16 Å². The van der Waals surface area contributed by atoms with Crippen LogP contribution < -0.4 is 0 Å². The first-order valence-electron chi connectivity index (χ1n) is 4.07. The van der Waals surface area contributed by atoms with Crippen LogP contribution in [0.25, 0.3) is 11.3 Å². The summed E-state index contributed by atoms with van der Waals surface area (Å²) < 4.78 is 4.82. The summed E-state index contributed by atoms with van der Waals surface area (Å²) in [6.45, 7) is 0. The predicted molar refractivity (Wildman–Crippen MR) is 50.3 cm³/mol. The fourth-order valence-electron chi connectivity index (χ4n) is 1.20. The smallest absolute Gasteiger partial charge is 0.273 e. The number of benzene rings is 1. The number of hydrogen-bond acceptors (Lipinski definition) is 5. The highest BCUT2D eigenvalue weighted by Crippen LogP contribution is 2.31. The quantitative estimate of drug-likeness (QED) is 0.599. The molecule has 0 fully saturated rings. The Hall–Kier alpha value is -2.37. The van der Waals surface area contributed by atoms with Gasteiger partial charge >= 0.3 is 0 Å². The van der Waals surface area contributed by atoms with E-state index in [-0.39, 0.29) is 11.4 Å². The highest BCUT2D eigenvalue weighted by molar-refractivity contribution is 5.67. The molecule has 6 nitrogen and oxygen atoms in total. The Balaban J connectivity index is 2.48. The van der Waals surface area contributed by atoms with Crippen molar-refractivity contribution < 1.29 is 14.6 Å². The molecule has 0 unspecified atom stereocenters. The second-order valence-corrected chi connectivity index (χ2v) is 2.84. The van der Waals surface area contributed by atoms with Crippen molar-refractivity contribution in [1.82, 2.24) is 5.16 Å². The van der Waals surface area contributed by atoms with E-state index in [1.54, 1.807) is 6.07 Å². The van der Waals surface area contributed by atoms with Gasteiger partial charge in [0.15, 0.2) is 5.76 Å². The summed E-state index contributed by atoms with van der Waals surface area (Å²) in [7, 11) is 0. The van der Waals surface area contributed by atoms with Crippen LogP contribution in [-0.4, -0.2) is 15.2 Å². The van der Waals surface area contributed by atoms with E-state index in [1.807, 2.05) is 0 Å². The van der Waals surface area contributed by atoms with Gasteiger partial charge in [0.1, 0.15) is 5.75 Å². The van der Waals surface area contributed by atoms with Gasteiger partial charge in [-0.15, -0.1) is 0 Å². The molecule has 76 valence electrons. The van der Waals surface area contributed by atoms with Crippen molar-refractivity contribution in [3.8, 4) is 17.1 Å². The van der Waals surface area contributed by atoms with Gasteiger partial charge in [-0.1, -0.05) is 5.16 Å². The van der Waals surface area contributed by atoms with Crippen LogP contribution in [0, 0.1) is 10.1 Å². The molecule has 0 aliphatic heterocycles. The van der Waals surface area contributed by atoms with Crippen molar-refractivity contribution in [2.45, 2.75) is 0 Å². The number of phenolic OH excluding ortho intramolecular Hbond substituents is 1. The zero-order valence-corrected chi connectivity index (χ0v) is 7.45. The summed E-state index contributed by atoms with van der Waals surface area (Å²) in [5.74, 6) is 0.156. The molecule has 0 amide bonds. The Morgan fingerprint density at radius 2 is 2.20 bits per heavy atom. The van der Waals surface area contributed by atoms with Gasteiger partial charge in [-0.2, -0.15) is 0 Å². The molecule has 0 aliphatic carbocycles. The van der Waals surface area contributed by atoms with Crippen molar-refractivity contribution in [3.63, 3.8) is 0 Å². The molecule has 0 aliphatic rings. The Kier molecular flexibility index (Phi) is 2.09. The molecular formula is C9H6N2O4. The summed E-state index contributed by atoms with van der Waals surface area (Å²) >= 11 is 0. The standard InChI is InChI=1S/C9H6N2O4/c12-8-5-6(11(13)14)1-2-7(8)9-3-4-10-15-9/h1-5,12H. The van der Waals surface area contributed by atoms with Gasteiger partial charge in [0, 0.05) is 12.1 Å². The lowest BCUT2D eigenvalue weighted by molar-refractivity contribution is -0.384. The number of aromatic hydroxyl groups is 1. The predicted octanol–water partition coefficient (Wildman–Crippen LogP) is 1.96. The summed E-state index contributed by atoms with van der Waals surface area (Å²) in [4.78, 5) is 9.83. The van der Waals surface area contributed by atoms with E-state index < -0.39 is 4.92 Å². The number of aromatic nitrogens is 1. The molecule has 1 heterocycles. The van der Waals surface area contributed by atoms with E-state index in [1.165, 1.54) is 18.3 Å². The van der Waals surface area contributed by atoms with Crippen molar-refractivity contribution in [2.24, 2.45) is 0 Å². The monoisotopic (exact) mass is 206 g/mol. The Bertz CT molecular complexity index is 493. The normalized spacial score (nSPS) is 10.1. The average molecular weight is 206 g/mol. The molecule has 0 saturated heterocycles. The van der Waals surface area contributed by atoms with E-state index >= 15 is 0 Å². The number of nitro benzene ring substituents is 1. The minimum Gasteiger partial charge on any atom is -0.507 e. The van der Waals surface area contributed by atoms with Gasteiger partial charge in [0.05, 0.1) is 22.7 Å². The summed E-state index contributed by atoms with van der Waals surface area (Å²) in [5, 5.41) is 23.4. The minimum absolute atomic E-state index is 0.171. The second-order valence-electron chi connectivity index (χ2n) is 2.84. The maximum Gasteiger partial charge on any atom is 0.273 e. The van der Waals surface area contributed by atoms with Gasteiger partial charge < -0.3 is 9.63 Å². The van der Waals surface area contributed by atoms with Crippen LogP contribution in [0.15, 0.2) is 35.0 Å². The van der Waals surface area contributed by atoms with Crippen LogP contribution in [0.2, 0.25) is 0 Å². The Morgan fingerprint density at radius 3 is 2.73 bits per heavy atom. The summed E-state index contributed by atoms with van der Waals surface area (Å²) in [5.41, 5.74) is 0.203. The first kappa shape index (κ1) is 9.20. The van der Waals surface area contributed by atoms with Gasteiger partial charge in [0.25, 0.3) is 5.69 Å². The molecule has 0 radical (unpaired) electrons. The number of hydrogen-bond donors (Lipinski definition) is 1. The molecule has 1 aromatic heterocycles. The van der Waals surface area contributed by atoms with Crippen LogP contribution in [0.4, 0.5) is 5.69 Å². The molecule has 6 heteroatoms. The van der Waals surface area contributed by atoms with E-state index in [4.69, 9.17) is 4.52 Å². The maximum atomic E-state index is 10.4. The SMILES string of the molecule is O=[N+]([O-])c1ccc(-c2ccno2)c(O)c1. The fraction of sp³-hybridized carbons (Fsp3) is 0. The largest absolute Gasteiger partial charge is 0.507 e. The maximum absolute atomic E-state index is 10.4. The molecule has 1 N–H and O–H groups in total. The highest BCUT2D eigenvalue weighted by Gasteiger charge is 2.13. The molecule has 0 bridgehead atoms. The molecule has 2 rings (SSSR count). The molecule has 0 atom stereocenters. The third kappa shape index (κ3) is 1.64. The number of phenols is 1. The van der Waals surface area contributed by atoms with E-state index in [0.29, 0.717) is 11.3 Å². The molecule has 1 aromatic carbocycles. The molecule has 15 heavy (non-hydrogen) atoms. The average Bonchev–Trinajstić information content (AvgIpc) is 2.70. The highest BCUT2D eigenvalue weighted by atomic mass is 16.6.